The highest BCUT2D eigenvalue weighted by Crippen LogP contribution is 2.34. The lowest BCUT2D eigenvalue weighted by molar-refractivity contribution is -0.116. The molecule has 0 saturated heterocycles. The Bertz CT molecular complexity index is 879. The number of amides is 1. The number of hydrogen-bond donors (Lipinski definition) is 1. The first-order chi connectivity index (χ1) is 12.4. The molecule has 0 bridgehead atoms. The highest BCUT2D eigenvalue weighted by Gasteiger charge is 2.24. The lowest BCUT2D eigenvalue weighted by atomic mass is 9.95. The van der Waals surface area contributed by atoms with Gasteiger partial charge in [-0.15, -0.1) is 0 Å². The lowest BCUT2D eigenvalue weighted by Gasteiger charge is -2.11. The van der Waals surface area contributed by atoms with Crippen LogP contribution in [0, 0.1) is 0 Å². The minimum atomic E-state index is -0.0966. The van der Waals surface area contributed by atoms with E-state index in [1.807, 2.05) is 50.2 Å². The van der Waals surface area contributed by atoms with Crippen LogP contribution >= 0.6 is 0 Å². The van der Waals surface area contributed by atoms with E-state index in [0.717, 1.165) is 40.0 Å². The highest BCUT2D eigenvalue weighted by atomic mass is 16.5. The number of carbonyl (C=O) groups is 2. The number of benzene rings is 2. The molecular weight excluding hydrogens is 326 g/mol. The van der Waals surface area contributed by atoms with Crippen LogP contribution in [-0.2, 0) is 11.2 Å². The molecule has 1 atom stereocenters. The first kappa shape index (κ1) is 17.9. The topological polar surface area (TPSA) is 55.4 Å². The Kier molecular flexibility index (Phi) is 5.21. The molecule has 0 fully saturated rings. The zero-order valence-electron chi connectivity index (χ0n) is 15.3. The van der Waals surface area contributed by atoms with Gasteiger partial charge >= 0.3 is 0 Å². The standard InChI is InChI=1S/C22H23NO3/c1-14(2)10-22(25)23-13-18-12-17-11-16(8-9-21(17)26-18)20-7-5-4-6-19(20)15(3)24/h4-11,18H,12-13H2,1-3H3,(H,23,25)/t18-/m0/s1. The SMILES string of the molecule is CC(=O)c1ccccc1-c1ccc2c(c1)C[C@@H](CNC(=O)C=C(C)C)O2. The predicted octanol–water partition coefficient (Wildman–Crippen LogP) is 3.94. The summed E-state index contributed by atoms with van der Waals surface area (Å²) in [7, 11) is 0. The van der Waals surface area contributed by atoms with Crippen LogP contribution in [0.1, 0.15) is 36.7 Å². The number of rotatable bonds is 5. The molecule has 2 aromatic carbocycles. The fourth-order valence-electron chi connectivity index (χ4n) is 3.17. The summed E-state index contributed by atoms with van der Waals surface area (Å²) >= 11 is 0. The van der Waals surface area contributed by atoms with E-state index in [4.69, 9.17) is 4.74 Å². The van der Waals surface area contributed by atoms with Crippen LogP contribution in [0.5, 0.6) is 5.75 Å². The molecule has 0 aliphatic carbocycles. The van der Waals surface area contributed by atoms with Gasteiger partial charge in [-0.05, 0) is 49.6 Å². The predicted molar refractivity (Wildman–Crippen MR) is 102 cm³/mol. The Morgan fingerprint density at radius 3 is 2.65 bits per heavy atom. The number of allylic oxidation sites excluding steroid dienone is 1. The molecule has 4 heteroatoms. The minimum absolute atomic E-state index is 0.0530. The van der Waals surface area contributed by atoms with E-state index < -0.39 is 0 Å². The summed E-state index contributed by atoms with van der Waals surface area (Å²) in [6.07, 6.45) is 2.25. The third kappa shape index (κ3) is 4.02. The summed E-state index contributed by atoms with van der Waals surface area (Å²) in [5, 5.41) is 2.88. The van der Waals surface area contributed by atoms with Gasteiger partial charge in [-0.2, -0.15) is 0 Å². The number of Topliss-reactive ketones (excluding diaryl/α,β-unsaturated/α-hetero) is 1. The average Bonchev–Trinajstić information content (AvgIpc) is 3.01. The maximum Gasteiger partial charge on any atom is 0.244 e. The number of fused-ring (bicyclic) bond motifs is 1. The molecule has 4 nitrogen and oxygen atoms in total. The summed E-state index contributed by atoms with van der Waals surface area (Å²) in [6.45, 7) is 5.83. The van der Waals surface area contributed by atoms with Crippen LogP contribution in [0.25, 0.3) is 11.1 Å². The van der Waals surface area contributed by atoms with E-state index in [1.54, 1.807) is 13.0 Å². The average molecular weight is 349 g/mol. The molecule has 1 aliphatic heterocycles. The molecule has 26 heavy (non-hydrogen) atoms. The van der Waals surface area contributed by atoms with Gasteiger partial charge in [0.1, 0.15) is 11.9 Å². The van der Waals surface area contributed by atoms with Crippen molar-refractivity contribution in [3.05, 3.63) is 65.2 Å². The molecule has 3 rings (SSSR count). The van der Waals surface area contributed by atoms with Gasteiger partial charge in [-0.3, -0.25) is 9.59 Å². The molecule has 1 N–H and O–H groups in total. The Hall–Kier alpha value is -2.88. The van der Waals surface area contributed by atoms with E-state index in [9.17, 15) is 9.59 Å². The third-order valence-corrected chi connectivity index (χ3v) is 4.34. The van der Waals surface area contributed by atoms with Crippen molar-refractivity contribution in [3.63, 3.8) is 0 Å². The zero-order chi connectivity index (χ0) is 18.7. The molecule has 0 spiro atoms. The maximum absolute atomic E-state index is 11.9. The molecule has 134 valence electrons. The summed E-state index contributed by atoms with van der Waals surface area (Å²) in [6, 6.07) is 13.6. The van der Waals surface area contributed by atoms with Crippen molar-refractivity contribution in [1.82, 2.24) is 5.32 Å². The first-order valence-electron chi connectivity index (χ1n) is 8.76. The Balaban J connectivity index is 1.74. The van der Waals surface area contributed by atoms with Crippen LogP contribution in [-0.4, -0.2) is 24.3 Å². The minimum Gasteiger partial charge on any atom is -0.488 e. The Morgan fingerprint density at radius 1 is 1.15 bits per heavy atom. The van der Waals surface area contributed by atoms with Gasteiger partial charge in [-0.1, -0.05) is 35.9 Å². The quantitative estimate of drug-likeness (QED) is 0.657. The fourth-order valence-corrected chi connectivity index (χ4v) is 3.17. The number of nitrogens with one attached hydrogen (secondary N) is 1. The largest absolute Gasteiger partial charge is 0.488 e. The second-order valence-corrected chi connectivity index (χ2v) is 6.84. The summed E-state index contributed by atoms with van der Waals surface area (Å²) in [4.78, 5) is 23.6. The van der Waals surface area contributed by atoms with Crippen LogP contribution < -0.4 is 10.1 Å². The highest BCUT2D eigenvalue weighted by molar-refractivity contribution is 6.00. The van der Waals surface area contributed by atoms with Gasteiger partial charge in [0.05, 0.1) is 6.54 Å². The van der Waals surface area contributed by atoms with Gasteiger partial charge in [0.2, 0.25) is 5.91 Å². The van der Waals surface area contributed by atoms with Gasteiger partial charge < -0.3 is 10.1 Å². The number of hydrogen-bond acceptors (Lipinski definition) is 3. The van der Waals surface area contributed by atoms with E-state index in [2.05, 4.69) is 11.4 Å². The number of ketones is 1. The Labute approximate surface area is 153 Å². The monoisotopic (exact) mass is 349 g/mol. The van der Waals surface area contributed by atoms with E-state index >= 15 is 0 Å². The first-order valence-corrected chi connectivity index (χ1v) is 8.76. The van der Waals surface area contributed by atoms with Crippen LogP contribution in [0.4, 0.5) is 0 Å². The molecule has 1 aliphatic rings. The molecule has 0 saturated carbocycles. The zero-order valence-corrected chi connectivity index (χ0v) is 15.3. The second-order valence-electron chi connectivity index (χ2n) is 6.84. The van der Waals surface area contributed by atoms with Crippen LogP contribution in [0.2, 0.25) is 0 Å². The van der Waals surface area contributed by atoms with E-state index in [1.165, 1.54) is 0 Å². The van der Waals surface area contributed by atoms with E-state index in [-0.39, 0.29) is 17.8 Å². The second kappa shape index (κ2) is 7.56. The van der Waals surface area contributed by atoms with Crippen molar-refractivity contribution in [2.24, 2.45) is 0 Å². The summed E-state index contributed by atoms with van der Waals surface area (Å²) < 4.78 is 5.93. The molecule has 1 amide bonds. The van der Waals surface area contributed by atoms with Crippen molar-refractivity contribution in [2.75, 3.05) is 6.54 Å². The number of ether oxygens (including phenoxy) is 1. The van der Waals surface area contributed by atoms with Gasteiger partial charge in [-0.25, -0.2) is 0 Å². The summed E-state index contributed by atoms with van der Waals surface area (Å²) in [5.74, 6) is 0.799. The van der Waals surface area contributed by atoms with Gasteiger partial charge in [0, 0.05) is 18.1 Å². The van der Waals surface area contributed by atoms with E-state index in [0.29, 0.717) is 6.54 Å². The molecule has 0 unspecified atom stereocenters. The smallest absolute Gasteiger partial charge is 0.244 e. The molecule has 0 radical (unpaired) electrons. The van der Waals surface area contributed by atoms with Crippen LogP contribution in [0.3, 0.4) is 0 Å². The molecular formula is C22H23NO3. The fraction of sp³-hybridized carbons (Fsp3) is 0.273. The molecule has 2 aromatic rings. The van der Waals surface area contributed by atoms with Crippen molar-refractivity contribution in [1.29, 1.82) is 0 Å². The molecule has 1 heterocycles. The van der Waals surface area contributed by atoms with Gasteiger partial charge in [0.25, 0.3) is 0 Å². The summed E-state index contributed by atoms with van der Waals surface area (Å²) in [5.41, 5.74) is 4.72. The lowest BCUT2D eigenvalue weighted by Crippen LogP contribution is -2.33. The van der Waals surface area contributed by atoms with Crippen LogP contribution in [0.15, 0.2) is 54.1 Å². The molecule has 0 aromatic heterocycles. The Morgan fingerprint density at radius 2 is 1.92 bits per heavy atom. The third-order valence-electron chi connectivity index (χ3n) is 4.34. The van der Waals surface area contributed by atoms with Gasteiger partial charge in [0.15, 0.2) is 5.78 Å². The van der Waals surface area contributed by atoms with Crippen molar-refractivity contribution in [3.8, 4) is 16.9 Å². The maximum atomic E-state index is 11.9. The van der Waals surface area contributed by atoms with Crippen molar-refractivity contribution >= 4 is 11.7 Å². The van der Waals surface area contributed by atoms with Crippen molar-refractivity contribution in [2.45, 2.75) is 33.3 Å². The van der Waals surface area contributed by atoms with Crippen molar-refractivity contribution < 1.29 is 14.3 Å². The number of carbonyl (C=O) groups excluding carboxylic acids is 2. The normalized spacial score (nSPS) is 15.0.